The lowest BCUT2D eigenvalue weighted by molar-refractivity contribution is 0.254. The molecule has 0 radical (unpaired) electrons. The number of carbonyl (C=O) groups is 1. The van der Waals surface area contributed by atoms with Gasteiger partial charge in [0, 0.05) is 7.05 Å². The fourth-order valence-electron chi connectivity index (χ4n) is 0.588. The summed E-state index contributed by atoms with van der Waals surface area (Å²) in [5.74, 6) is 0. The fraction of sp³-hybridized carbons (Fsp3) is 0.333. The summed E-state index contributed by atoms with van der Waals surface area (Å²) in [5, 5.41) is 5.90. The lowest BCUT2D eigenvalue weighted by atomic mass is 10.5. The van der Waals surface area contributed by atoms with Crippen molar-refractivity contribution in [1.82, 2.24) is 10.3 Å². The van der Waals surface area contributed by atoms with Crippen molar-refractivity contribution in [2.24, 2.45) is 0 Å². The van der Waals surface area contributed by atoms with Crippen molar-refractivity contribution in [3.63, 3.8) is 0 Å². The van der Waals surface area contributed by atoms with Crippen LogP contribution in [0.1, 0.15) is 5.69 Å². The summed E-state index contributed by atoms with van der Waals surface area (Å²) in [7, 11) is 1.58. The smallest absolute Gasteiger partial charge is 0.319 e. The Kier molecular flexibility index (Phi) is 2.43. The van der Waals surface area contributed by atoms with Gasteiger partial charge in [0.15, 0.2) is 0 Å². The number of thiazole rings is 1. The molecule has 2 N–H and O–H groups in total. The first kappa shape index (κ1) is 8.00. The minimum absolute atomic E-state index is 0.211. The highest BCUT2D eigenvalue weighted by Gasteiger charge is 2.03. The highest BCUT2D eigenvalue weighted by Crippen LogP contribution is 2.17. The Hall–Kier alpha value is -1.10. The molecule has 1 heterocycles. The lowest BCUT2D eigenvalue weighted by Crippen LogP contribution is -2.24. The van der Waals surface area contributed by atoms with E-state index in [0.717, 1.165) is 10.7 Å². The van der Waals surface area contributed by atoms with Crippen LogP contribution < -0.4 is 10.6 Å². The van der Waals surface area contributed by atoms with Gasteiger partial charge in [-0.25, -0.2) is 9.78 Å². The number of anilines is 1. The van der Waals surface area contributed by atoms with Crippen LogP contribution in [0.15, 0.2) is 5.51 Å². The van der Waals surface area contributed by atoms with Gasteiger partial charge >= 0.3 is 6.03 Å². The largest absolute Gasteiger partial charge is 0.341 e. The zero-order valence-electron chi connectivity index (χ0n) is 6.34. The van der Waals surface area contributed by atoms with E-state index >= 15 is 0 Å². The van der Waals surface area contributed by atoms with Crippen molar-refractivity contribution in [2.75, 3.05) is 12.4 Å². The number of aryl methyl sites for hydroxylation is 1. The van der Waals surface area contributed by atoms with E-state index < -0.39 is 0 Å². The molecule has 0 aliphatic rings. The van der Waals surface area contributed by atoms with Gasteiger partial charge < -0.3 is 5.32 Å². The van der Waals surface area contributed by atoms with Crippen molar-refractivity contribution >= 4 is 22.4 Å². The highest BCUT2D eigenvalue weighted by atomic mass is 32.1. The molecule has 1 rings (SSSR count). The standard InChI is InChI=1S/C6H9N3OS/c1-4-5(11-3-8-4)9-6(10)7-2/h3H,1-2H3,(H2,7,9,10). The molecule has 0 aromatic carbocycles. The topological polar surface area (TPSA) is 54.0 Å². The molecule has 0 spiro atoms. The highest BCUT2D eigenvalue weighted by molar-refractivity contribution is 7.14. The summed E-state index contributed by atoms with van der Waals surface area (Å²) < 4.78 is 0. The molecule has 0 aliphatic heterocycles. The molecule has 60 valence electrons. The Morgan fingerprint density at radius 2 is 2.45 bits per heavy atom. The predicted octanol–water partition coefficient (Wildman–Crippen LogP) is 1.20. The summed E-state index contributed by atoms with van der Waals surface area (Å²) in [6.07, 6.45) is 0. The van der Waals surface area contributed by atoms with Crippen molar-refractivity contribution in [2.45, 2.75) is 6.92 Å². The molecule has 2 amide bonds. The normalized spacial score (nSPS) is 9.27. The molecule has 0 atom stereocenters. The Morgan fingerprint density at radius 1 is 1.73 bits per heavy atom. The quantitative estimate of drug-likeness (QED) is 0.667. The second-order valence-corrected chi connectivity index (χ2v) is 2.83. The minimum atomic E-state index is -0.211. The molecule has 0 unspecified atom stereocenters. The number of urea groups is 1. The van der Waals surface area contributed by atoms with Gasteiger partial charge in [-0.15, -0.1) is 11.3 Å². The third-order valence-electron chi connectivity index (χ3n) is 1.20. The van der Waals surface area contributed by atoms with E-state index in [2.05, 4.69) is 15.6 Å². The number of rotatable bonds is 1. The third kappa shape index (κ3) is 1.91. The van der Waals surface area contributed by atoms with Crippen LogP contribution >= 0.6 is 11.3 Å². The zero-order chi connectivity index (χ0) is 8.27. The molecule has 0 saturated heterocycles. The first-order valence-corrected chi connectivity index (χ1v) is 4.01. The maximum absolute atomic E-state index is 10.8. The molecule has 1 aromatic rings. The van der Waals surface area contributed by atoms with Gasteiger partial charge in [0.1, 0.15) is 5.00 Å². The first-order valence-electron chi connectivity index (χ1n) is 3.13. The SMILES string of the molecule is CNC(=O)Nc1scnc1C. The predicted molar refractivity (Wildman–Crippen MR) is 44.9 cm³/mol. The lowest BCUT2D eigenvalue weighted by Gasteiger charge is -1.99. The van der Waals surface area contributed by atoms with Crippen LogP contribution in [0, 0.1) is 6.92 Å². The second-order valence-electron chi connectivity index (χ2n) is 1.97. The van der Waals surface area contributed by atoms with E-state index in [1.165, 1.54) is 11.3 Å². The van der Waals surface area contributed by atoms with Crippen LogP contribution in [0.3, 0.4) is 0 Å². The Balaban J connectivity index is 2.64. The molecule has 0 aliphatic carbocycles. The summed E-state index contributed by atoms with van der Waals surface area (Å²) in [6.45, 7) is 1.85. The first-order chi connectivity index (χ1) is 5.24. The average Bonchev–Trinajstić information content (AvgIpc) is 2.37. The maximum atomic E-state index is 10.8. The summed E-state index contributed by atoms with van der Waals surface area (Å²) in [5.41, 5.74) is 2.54. The zero-order valence-corrected chi connectivity index (χ0v) is 7.16. The van der Waals surface area contributed by atoms with Gasteiger partial charge in [-0.3, -0.25) is 5.32 Å². The van der Waals surface area contributed by atoms with Crippen molar-refractivity contribution in [3.8, 4) is 0 Å². The van der Waals surface area contributed by atoms with Gasteiger partial charge in [-0.1, -0.05) is 0 Å². The number of hydrogen-bond acceptors (Lipinski definition) is 3. The van der Waals surface area contributed by atoms with Gasteiger partial charge in [0.25, 0.3) is 0 Å². The van der Waals surface area contributed by atoms with Crippen LogP contribution in [0.5, 0.6) is 0 Å². The van der Waals surface area contributed by atoms with E-state index in [-0.39, 0.29) is 6.03 Å². The van der Waals surface area contributed by atoms with Crippen molar-refractivity contribution in [1.29, 1.82) is 0 Å². The fourth-order valence-corrected chi connectivity index (χ4v) is 1.28. The molecule has 5 heteroatoms. The Labute approximate surface area is 68.6 Å². The van der Waals surface area contributed by atoms with Gasteiger partial charge in [-0.2, -0.15) is 0 Å². The number of aromatic nitrogens is 1. The summed E-state index contributed by atoms with van der Waals surface area (Å²) >= 11 is 1.41. The van der Waals surface area contributed by atoms with Gasteiger partial charge in [0.05, 0.1) is 11.2 Å². The molecule has 4 nitrogen and oxygen atoms in total. The monoisotopic (exact) mass is 171 g/mol. The molecule has 11 heavy (non-hydrogen) atoms. The third-order valence-corrected chi connectivity index (χ3v) is 2.04. The van der Waals surface area contributed by atoms with Crippen LogP contribution in [-0.4, -0.2) is 18.1 Å². The Bertz CT molecular complexity index is 258. The van der Waals surface area contributed by atoms with E-state index in [0.29, 0.717) is 0 Å². The van der Waals surface area contributed by atoms with Crippen molar-refractivity contribution < 1.29 is 4.79 Å². The number of hydrogen-bond donors (Lipinski definition) is 2. The van der Waals surface area contributed by atoms with Crippen LogP contribution in [0.4, 0.5) is 9.80 Å². The maximum Gasteiger partial charge on any atom is 0.319 e. The van der Waals surface area contributed by atoms with Crippen LogP contribution in [-0.2, 0) is 0 Å². The van der Waals surface area contributed by atoms with Crippen molar-refractivity contribution in [3.05, 3.63) is 11.2 Å². The number of carbonyl (C=O) groups excluding carboxylic acids is 1. The van der Waals surface area contributed by atoms with E-state index in [9.17, 15) is 4.79 Å². The van der Waals surface area contributed by atoms with Gasteiger partial charge in [0.2, 0.25) is 0 Å². The molecular weight excluding hydrogens is 162 g/mol. The molecule has 1 aromatic heterocycles. The average molecular weight is 171 g/mol. The van der Waals surface area contributed by atoms with Crippen LogP contribution in [0.2, 0.25) is 0 Å². The minimum Gasteiger partial charge on any atom is -0.341 e. The van der Waals surface area contributed by atoms with E-state index in [4.69, 9.17) is 0 Å². The summed E-state index contributed by atoms with van der Waals surface area (Å²) in [4.78, 5) is 14.8. The Morgan fingerprint density at radius 3 is 2.91 bits per heavy atom. The van der Waals surface area contributed by atoms with E-state index in [1.54, 1.807) is 12.6 Å². The van der Waals surface area contributed by atoms with E-state index in [1.807, 2.05) is 6.92 Å². The second kappa shape index (κ2) is 3.34. The number of nitrogens with one attached hydrogen (secondary N) is 2. The molecule has 0 fully saturated rings. The molecule has 0 bridgehead atoms. The number of nitrogens with zero attached hydrogens (tertiary/aromatic N) is 1. The summed E-state index contributed by atoms with van der Waals surface area (Å²) in [6, 6.07) is -0.211. The number of amides is 2. The van der Waals surface area contributed by atoms with Crippen LogP contribution in [0.25, 0.3) is 0 Å². The molecule has 0 saturated carbocycles. The molecular formula is C6H9N3OS. The van der Waals surface area contributed by atoms with Gasteiger partial charge in [-0.05, 0) is 6.92 Å².